The van der Waals surface area contributed by atoms with Crippen molar-refractivity contribution in [2.45, 2.75) is 19.5 Å². The van der Waals surface area contributed by atoms with Gasteiger partial charge in [-0.15, -0.1) is 0 Å². The van der Waals surface area contributed by atoms with Crippen molar-refractivity contribution in [3.05, 3.63) is 60.4 Å². The Bertz CT molecular complexity index is 1180. The number of carbonyl (C=O) groups is 1. The van der Waals surface area contributed by atoms with Crippen LogP contribution in [0.2, 0.25) is 0 Å². The number of aryl methyl sites for hydroxylation is 1. The number of fused-ring (bicyclic) bond motifs is 1. The molecule has 0 radical (unpaired) electrons. The van der Waals surface area contributed by atoms with Gasteiger partial charge in [0.15, 0.2) is 5.13 Å². The number of thiazole rings is 1. The molecule has 2 N–H and O–H groups in total. The Hall–Kier alpha value is -2.99. The van der Waals surface area contributed by atoms with Crippen molar-refractivity contribution in [3.63, 3.8) is 0 Å². The van der Waals surface area contributed by atoms with Crippen molar-refractivity contribution in [3.8, 4) is 22.3 Å². The normalized spacial score (nSPS) is 18.4. The van der Waals surface area contributed by atoms with Crippen LogP contribution in [-0.4, -0.2) is 22.0 Å². The number of anilines is 1. The molecule has 2 aromatic heterocycles. The molecule has 0 aliphatic heterocycles. The van der Waals surface area contributed by atoms with E-state index in [2.05, 4.69) is 58.6 Å². The lowest BCUT2D eigenvalue weighted by molar-refractivity contribution is -0.117. The molecule has 5 rings (SSSR count). The Balaban J connectivity index is 1.48. The molecule has 1 aliphatic carbocycles. The summed E-state index contributed by atoms with van der Waals surface area (Å²) in [6, 6.07) is 14.6. The van der Waals surface area contributed by atoms with E-state index in [0.717, 1.165) is 32.5 Å². The number of nitrogens with one attached hydrogen (secondary N) is 2. The zero-order valence-electron chi connectivity index (χ0n) is 15.2. The fraction of sp³-hybridized carbons (Fsp3) is 0.182. The Morgan fingerprint density at radius 1 is 1.18 bits per heavy atom. The molecule has 1 amide bonds. The van der Waals surface area contributed by atoms with Gasteiger partial charge in [-0.05, 0) is 65.4 Å². The van der Waals surface area contributed by atoms with E-state index >= 15 is 0 Å². The summed E-state index contributed by atoms with van der Waals surface area (Å²) < 4.78 is 14.1. The van der Waals surface area contributed by atoms with Crippen LogP contribution in [0.15, 0.2) is 54.9 Å². The number of hydrogen-bond acceptors (Lipinski definition) is 3. The summed E-state index contributed by atoms with van der Waals surface area (Å²) in [6.07, 6.45) is 3.21. The zero-order chi connectivity index (χ0) is 19.3. The number of hydrogen-bond donors (Lipinski definition) is 2. The summed E-state index contributed by atoms with van der Waals surface area (Å²) in [7, 11) is 0. The van der Waals surface area contributed by atoms with E-state index in [1.165, 1.54) is 16.9 Å². The van der Waals surface area contributed by atoms with Crippen molar-refractivity contribution in [2.24, 2.45) is 5.92 Å². The predicted octanol–water partition coefficient (Wildman–Crippen LogP) is 5.56. The largest absolute Gasteiger partial charge is 0.367 e. The van der Waals surface area contributed by atoms with Crippen LogP contribution in [0.1, 0.15) is 12.0 Å². The summed E-state index contributed by atoms with van der Waals surface area (Å²) in [6.45, 7) is 2.10. The van der Waals surface area contributed by atoms with E-state index in [1.54, 1.807) is 0 Å². The maximum Gasteiger partial charge on any atom is 0.232 e. The average molecular weight is 391 g/mol. The van der Waals surface area contributed by atoms with E-state index in [-0.39, 0.29) is 5.91 Å². The van der Waals surface area contributed by atoms with Gasteiger partial charge < -0.3 is 10.3 Å². The number of rotatable bonds is 4. The van der Waals surface area contributed by atoms with Gasteiger partial charge in [0.05, 0.1) is 16.1 Å². The molecule has 4 nitrogen and oxygen atoms in total. The Morgan fingerprint density at radius 2 is 2.00 bits per heavy atom. The van der Waals surface area contributed by atoms with Crippen LogP contribution in [-0.2, 0) is 4.79 Å². The predicted molar refractivity (Wildman–Crippen MR) is 111 cm³/mol. The molecule has 2 atom stereocenters. The van der Waals surface area contributed by atoms with Crippen LogP contribution in [0.5, 0.6) is 0 Å². The molecule has 6 heteroatoms. The highest BCUT2D eigenvalue weighted by Crippen LogP contribution is 2.37. The van der Waals surface area contributed by atoms with E-state index in [0.29, 0.717) is 11.6 Å². The number of aromatic nitrogens is 2. The van der Waals surface area contributed by atoms with E-state index in [9.17, 15) is 9.18 Å². The first kappa shape index (κ1) is 17.1. The summed E-state index contributed by atoms with van der Waals surface area (Å²) in [5, 5.41) is 3.27. The van der Waals surface area contributed by atoms with Crippen molar-refractivity contribution >= 4 is 32.6 Å². The highest BCUT2D eigenvalue weighted by Gasteiger charge is 2.43. The smallest absolute Gasteiger partial charge is 0.232 e. The molecular weight excluding hydrogens is 373 g/mol. The molecule has 1 fully saturated rings. The van der Waals surface area contributed by atoms with Crippen LogP contribution in [0.25, 0.3) is 32.5 Å². The van der Waals surface area contributed by atoms with Crippen LogP contribution >= 0.6 is 11.3 Å². The number of H-pyrrole nitrogens is 1. The SMILES string of the molecule is Cc1ccc(-c2cc[nH]c2)cc1-c1ccc2nc(NC(=O)[C@@H]3C[C@@H]3F)sc2c1. The quantitative estimate of drug-likeness (QED) is 0.478. The Kier molecular flexibility index (Phi) is 4.02. The van der Waals surface area contributed by atoms with Gasteiger partial charge in [0.1, 0.15) is 6.17 Å². The molecule has 2 aromatic carbocycles. The van der Waals surface area contributed by atoms with Gasteiger partial charge in [0.25, 0.3) is 0 Å². The monoisotopic (exact) mass is 391 g/mol. The third-order valence-electron chi connectivity index (χ3n) is 5.15. The molecule has 2 heterocycles. The summed E-state index contributed by atoms with van der Waals surface area (Å²) >= 11 is 1.42. The first-order valence-electron chi connectivity index (χ1n) is 9.18. The lowest BCUT2D eigenvalue weighted by atomic mass is 9.96. The highest BCUT2D eigenvalue weighted by molar-refractivity contribution is 7.22. The first-order valence-corrected chi connectivity index (χ1v) is 10.00. The second-order valence-corrected chi connectivity index (χ2v) is 8.21. The fourth-order valence-corrected chi connectivity index (χ4v) is 4.30. The highest BCUT2D eigenvalue weighted by atomic mass is 32.1. The maximum absolute atomic E-state index is 13.1. The van der Waals surface area contributed by atoms with Crippen LogP contribution < -0.4 is 5.32 Å². The molecule has 4 aromatic rings. The number of alkyl halides is 1. The van der Waals surface area contributed by atoms with Gasteiger partial charge in [0.2, 0.25) is 5.91 Å². The molecule has 0 unspecified atom stereocenters. The van der Waals surface area contributed by atoms with Gasteiger partial charge in [-0.3, -0.25) is 4.79 Å². The standard InChI is InChI=1S/C22H18FN3OS/c1-12-2-3-13(15-6-7-24-11-15)8-16(12)14-4-5-19-20(9-14)28-22(25-19)26-21(27)17-10-18(17)23/h2-9,11,17-18,24H,10H2,1H3,(H,25,26,27)/t17-,18+/m1/s1. The second kappa shape index (κ2) is 6.56. The topological polar surface area (TPSA) is 57.8 Å². The van der Waals surface area contributed by atoms with Gasteiger partial charge in [0, 0.05) is 12.4 Å². The van der Waals surface area contributed by atoms with E-state index < -0.39 is 12.1 Å². The molecule has 28 heavy (non-hydrogen) atoms. The summed E-state index contributed by atoms with van der Waals surface area (Å²) in [4.78, 5) is 19.5. The van der Waals surface area contributed by atoms with Crippen LogP contribution in [0.4, 0.5) is 9.52 Å². The fourth-order valence-electron chi connectivity index (χ4n) is 3.40. The van der Waals surface area contributed by atoms with E-state index in [1.807, 2.05) is 18.5 Å². The Labute approximate surface area is 165 Å². The summed E-state index contributed by atoms with van der Waals surface area (Å²) in [5.41, 5.74) is 6.60. The molecular formula is C22H18FN3OS. The lowest BCUT2D eigenvalue weighted by Crippen LogP contribution is -2.14. The van der Waals surface area contributed by atoms with Crippen molar-refractivity contribution < 1.29 is 9.18 Å². The Morgan fingerprint density at radius 3 is 2.75 bits per heavy atom. The van der Waals surface area contributed by atoms with E-state index in [4.69, 9.17) is 0 Å². The molecule has 0 spiro atoms. The van der Waals surface area contributed by atoms with Gasteiger partial charge in [-0.25, -0.2) is 9.37 Å². The minimum absolute atomic E-state index is 0.276. The molecule has 0 bridgehead atoms. The molecule has 0 saturated heterocycles. The minimum atomic E-state index is -1.00. The number of nitrogens with zero attached hydrogens (tertiary/aromatic N) is 1. The zero-order valence-corrected chi connectivity index (χ0v) is 16.0. The lowest BCUT2D eigenvalue weighted by Gasteiger charge is -2.09. The van der Waals surface area contributed by atoms with Crippen LogP contribution in [0.3, 0.4) is 0 Å². The number of aromatic amines is 1. The summed E-state index contributed by atoms with van der Waals surface area (Å²) in [5.74, 6) is -0.789. The minimum Gasteiger partial charge on any atom is -0.367 e. The molecule has 1 aliphatic rings. The third-order valence-corrected chi connectivity index (χ3v) is 6.08. The number of benzene rings is 2. The van der Waals surface area contributed by atoms with Gasteiger partial charge >= 0.3 is 0 Å². The average Bonchev–Trinajstić information content (AvgIpc) is 3.09. The maximum atomic E-state index is 13.1. The number of carbonyl (C=O) groups excluding carboxylic acids is 1. The van der Waals surface area contributed by atoms with Crippen molar-refractivity contribution in [1.82, 2.24) is 9.97 Å². The van der Waals surface area contributed by atoms with Crippen LogP contribution in [0, 0.1) is 12.8 Å². The number of amides is 1. The van der Waals surface area contributed by atoms with Crippen molar-refractivity contribution in [1.29, 1.82) is 0 Å². The second-order valence-electron chi connectivity index (χ2n) is 7.18. The van der Waals surface area contributed by atoms with Crippen molar-refractivity contribution in [2.75, 3.05) is 5.32 Å². The third kappa shape index (κ3) is 3.10. The first-order chi connectivity index (χ1) is 13.6. The molecule has 1 saturated carbocycles. The number of halogens is 1. The van der Waals surface area contributed by atoms with Gasteiger partial charge in [-0.1, -0.05) is 29.5 Å². The molecule has 140 valence electrons. The van der Waals surface area contributed by atoms with Gasteiger partial charge in [-0.2, -0.15) is 0 Å².